The van der Waals surface area contributed by atoms with Crippen molar-refractivity contribution < 1.29 is 18.0 Å². The monoisotopic (exact) mass is 442 g/mol. The van der Waals surface area contributed by atoms with E-state index in [9.17, 15) is 18.0 Å². The van der Waals surface area contributed by atoms with Gasteiger partial charge in [-0.25, -0.2) is 0 Å². The summed E-state index contributed by atoms with van der Waals surface area (Å²) in [7, 11) is 0. The Balaban J connectivity index is 1.78. The Morgan fingerprint density at radius 1 is 1.33 bits per heavy atom. The summed E-state index contributed by atoms with van der Waals surface area (Å²) < 4.78 is 39.8. The van der Waals surface area contributed by atoms with E-state index in [1.807, 2.05) is 0 Å². The first-order valence-corrected chi connectivity index (χ1v) is 8.56. The second kappa shape index (κ2) is 7.14. The number of anilines is 1. The van der Waals surface area contributed by atoms with Gasteiger partial charge in [-0.15, -0.1) is 0 Å². The van der Waals surface area contributed by atoms with E-state index >= 15 is 0 Å². The molecular weight excluding hydrogens is 429 g/mol. The first-order chi connectivity index (χ1) is 12.7. The molecule has 0 unspecified atom stereocenters. The highest BCUT2D eigenvalue weighted by atomic mass is 79.9. The lowest BCUT2D eigenvalue weighted by atomic mass is 10.2. The molecule has 0 saturated heterocycles. The van der Waals surface area contributed by atoms with Gasteiger partial charge in [0.05, 0.1) is 15.9 Å². The number of rotatable bonds is 4. The molecule has 0 saturated carbocycles. The number of aromatic nitrogens is 5. The van der Waals surface area contributed by atoms with Gasteiger partial charge >= 0.3 is 6.18 Å². The fraction of sp³-hybridized carbons (Fsp3) is 0.250. The van der Waals surface area contributed by atoms with Crippen molar-refractivity contribution in [3.8, 4) is 11.3 Å². The molecule has 3 rings (SSSR count). The number of halogens is 4. The molecule has 142 valence electrons. The Hall–Kier alpha value is -2.69. The van der Waals surface area contributed by atoms with Gasteiger partial charge in [-0.3, -0.25) is 19.6 Å². The standard InChI is InChI=1S/C16H14BrF3N6O/c1-8-13(17)14(16(18,19)20)25-26(8)9(2)15(27)22-12-7-11(23-24-12)10-3-5-21-6-4-10/h3-7,9H,1-2H3,(H2,22,23,24,27)/t9-/m1/s1. The van der Waals surface area contributed by atoms with E-state index in [2.05, 4.69) is 41.5 Å². The van der Waals surface area contributed by atoms with Gasteiger partial charge in [0.1, 0.15) is 6.04 Å². The smallest absolute Gasteiger partial charge is 0.307 e. The number of nitrogens with one attached hydrogen (secondary N) is 2. The molecule has 0 aliphatic rings. The molecule has 7 nitrogen and oxygen atoms in total. The number of hydrogen-bond donors (Lipinski definition) is 2. The number of hydrogen-bond acceptors (Lipinski definition) is 4. The van der Waals surface area contributed by atoms with Gasteiger partial charge in [-0.1, -0.05) is 0 Å². The Morgan fingerprint density at radius 3 is 2.59 bits per heavy atom. The van der Waals surface area contributed by atoms with Crippen molar-refractivity contribution >= 4 is 27.7 Å². The third-order valence-electron chi connectivity index (χ3n) is 3.91. The SMILES string of the molecule is Cc1c(Br)c(C(F)(F)F)nn1[C@H](C)C(=O)Nc1cc(-c2ccncc2)[nH]n1. The average Bonchev–Trinajstić information content (AvgIpc) is 3.20. The van der Waals surface area contributed by atoms with Crippen LogP contribution in [0.4, 0.5) is 19.0 Å². The third-order valence-corrected chi connectivity index (χ3v) is 4.86. The van der Waals surface area contributed by atoms with Crippen molar-refractivity contribution in [2.75, 3.05) is 5.32 Å². The van der Waals surface area contributed by atoms with Crippen molar-refractivity contribution in [3.63, 3.8) is 0 Å². The van der Waals surface area contributed by atoms with E-state index < -0.39 is 23.8 Å². The fourth-order valence-corrected chi connectivity index (χ4v) is 2.95. The molecule has 0 bridgehead atoms. The number of pyridine rings is 1. The molecule has 0 radical (unpaired) electrons. The minimum atomic E-state index is -4.62. The summed E-state index contributed by atoms with van der Waals surface area (Å²) in [6, 6.07) is 4.18. The number of nitrogens with zero attached hydrogens (tertiary/aromatic N) is 4. The minimum absolute atomic E-state index is 0.186. The van der Waals surface area contributed by atoms with E-state index in [4.69, 9.17) is 0 Å². The Kier molecular flexibility index (Phi) is 5.05. The molecule has 2 N–H and O–H groups in total. The van der Waals surface area contributed by atoms with Crippen LogP contribution in [0.1, 0.15) is 24.4 Å². The van der Waals surface area contributed by atoms with Crippen LogP contribution in [0, 0.1) is 6.92 Å². The number of amides is 1. The van der Waals surface area contributed by atoms with Crippen LogP contribution in [-0.4, -0.2) is 30.9 Å². The van der Waals surface area contributed by atoms with Crippen LogP contribution in [0.5, 0.6) is 0 Å². The number of alkyl halides is 3. The molecule has 1 amide bonds. The average molecular weight is 443 g/mol. The van der Waals surface area contributed by atoms with Crippen LogP contribution in [0.3, 0.4) is 0 Å². The van der Waals surface area contributed by atoms with Crippen LogP contribution in [0.25, 0.3) is 11.3 Å². The first kappa shape index (κ1) is 19.1. The van der Waals surface area contributed by atoms with E-state index in [0.717, 1.165) is 10.2 Å². The summed E-state index contributed by atoms with van der Waals surface area (Å²) >= 11 is 2.89. The molecule has 0 fully saturated rings. The summed E-state index contributed by atoms with van der Waals surface area (Å²) in [5.74, 6) is -0.298. The summed E-state index contributed by atoms with van der Waals surface area (Å²) in [6.07, 6.45) is -1.38. The maximum atomic E-state index is 13.0. The highest BCUT2D eigenvalue weighted by Crippen LogP contribution is 2.36. The molecule has 27 heavy (non-hydrogen) atoms. The second-order valence-electron chi connectivity index (χ2n) is 5.76. The van der Waals surface area contributed by atoms with Crippen molar-refractivity contribution in [1.82, 2.24) is 25.0 Å². The Labute approximate surface area is 160 Å². The molecule has 11 heteroatoms. The Morgan fingerprint density at radius 2 is 2.00 bits per heavy atom. The van der Waals surface area contributed by atoms with Crippen molar-refractivity contribution in [2.45, 2.75) is 26.1 Å². The number of carbonyl (C=O) groups excluding carboxylic acids is 1. The largest absolute Gasteiger partial charge is 0.436 e. The third kappa shape index (κ3) is 3.87. The van der Waals surface area contributed by atoms with E-state index in [-0.39, 0.29) is 16.0 Å². The molecule has 0 aliphatic heterocycles. The molecule has 0 aliphatic carbocycles. The zero-order valence-electron chi connectivity index (χ0n) is 14.2. The molecule has 1 atom stereocenters. The highest BCUT2D eigenvalue weighted by molar-refractivity contribution is 9.10. The normalized spacial score (nSPS) is 12.8. The van der Waals surface area contributed by atoms with Crippen LogP contribution in [0.2, 0.25) is 0 Å². The second-order valence-corrected chi connectivity index (χ2v) is 6.55. The lowest BCUT2D eigenvalue weighted by Crippen LogP contribution is -2.25. The summed E-state index contributed by atoms with van der Waals surface area (Å²) in [5, 5.41) is 12.9. The van der Waals surface area contributed by atoms with Gasteiger partial charge in [0.25, 0.3) is 0 Å². The van der Waals surface area contributed by atoms with Gasteiger partial charge in [-0.05, 0) is 41.9 Å². The maximum Gasteiger partial charge on any atom is 0.436 e. The predicted molar refractivity (Wildman–Crippen MR) is 94.8 cm³/mol. The van der Waals surface area contributed by atoms with Crippen molar-refractivity contribution in [2.24, 2.45) is 0 Å². The highest BCUT2D eigenvalue weighted by Gasteiger charge is 2.39. The number of carbonyl (C=O) groups is 1. The molecule has 0 spiro atoms. The number of H-pyrrole nitrogens is 1. The molecule has 3 aromatic heterocycles. The summed E-state index contributed by atoms with van der Waals surface area (Å²) in [4.78, 5) is 16.4. The lowest BCUT2D eigenvalue weighted by molar-refractivity contribution is -0.142. The molecule has 0 aromatic carbocycles. The van der Waals surface area contributed by atoms with E-state index in [0.29, 0.717) is 5.69 Å². The van der Waals surface area contributed by atoms with Crippen LogP contribution in [0.15, 0.2) is 35.1 Å². The van der Waals surface area contributed by atoms with E-state index in [1.54, 1.807) is 30.6 Å². The quantitative estimate of drug-likeness (QED) is 0.639. The molecular formula is C16H14BrF3N6O. The zero-order valence-corrected chi connectivity index (χ0v) is 15.8. The summed E-state index contributed by atoms with van der Waals surface area (Å²) in [5.41, 5.74) is 0.620. The van der Waals surface area contributed by atoms with Gasteiger partial charge in [0.15, 0.2) is 11.5 Å². The van der Waals surface area contributed by atoms with Crippen LogP contribution >= 0.6 is 15.9 Å². The summed E-state index contributed by atoms with van der Waals surface area (Å²) in [6.45, 7) is 2.91. The van der Waals surface area contributed by atoms with Crippen molar-refractivity contribution in [3.05, 3.63) is 46.5 Å². The molecule has 3 heterocycles. The van der Waals surface area contributed by atoms with Gasteiger partial charge in [0.2, 0.25) is 5.91 Å². The van der Waals surface area contributed by atoms with Gasteiger partial charge in [0, 0.05) is 24.0 Å². The fourth-order valence-electron chi connectivity index (χ4n) is 2.46. The van der Waals surface area contributed by atoms with Crippen LogP contribution in [-0.2, 0) is 11.0 Å². The Bertz CT molecular complexity index is 966. The van der Waals surface area contributed by atoms with Crippen LogP contribution < -0.4 is 5.32 Å². The first-order valence-electron chi connectivity index (χ1n) is 7.77. The zero-order chi connectivity index (χ0) is 19.8. The van der Waals surface area contributed by atoms with Gasteiger partial charge < -0.3 is 5.32 Å². The molecule has 3 aromatic rings. The topological polar surface area (TPSA) is 88.5 Å². The van der Waals surface area contributed by atoms with E-state index in [1.165, 1.54) is 13.8 Å². The minimum Gasteiger partial charge on any atom is -0.307 e. The lowest BCUT2D eigenvalue weighted by Gasteiger charge is -2.13. The van der Waals surface area contributed by atoms with Crippen molar-refractivity contribution in [1.29, 1.82) is 0 Å². The van der Waals surface area contributed by atoms with Gasteiger partial charge in [-0.2, -0.15) is 23.4 Å². The predicted octanol–water partition coefficient (Wildman–Crippen LogP) is 3.96. The number of aromatic amines is 1. The maximum absolute atomic E-state index is 13.0.